The Hall–Kier alpha value is -0.120. The number of hydrogen-bond acceptors (Lipinski definition) is 3. The molecule has 3 unspecified atom stereocenters. The van der Waals surface area contributed by atoms with E-state index in [-0.39, 0.29) is 0 Å². The van der Waals surface area contributed by atoms with Crippen LogP contribution in [0.15, 0.2) is 0 Å². The summed E-state index contributed by atoms with van der Waals surface area (Å²) in [6.07, 6.45) is 5.24. The molecule has 0 spiro atoms. The second-order valence-electron chi connectivity index (χ2n) is 7.62. The van der Waals surface area contributed by atoms with Crippen LogP contribution >= 0.6 is 0 Å². The molecular weight excluding hydrogens is 248 g/mol. The highest BCUT2D eigenvalue weighted by Gasteiger charge is 2.33. The van der Waals surface area contributed by atoms with Crippen molar-refractivity contribution in [3.8, 4) is 0 Å². The lowest BCUT2D eigenvalue weighted by atomic mass is 9.77. The van der Waals surface area contributed by atoms with E-state index in [1.165, 1.54) is 32.4 Å². The molecule has 2 fully saturated rings. The smallest absolute Gasteiger partial charge is 0.0637 e. The highest BCUT2D eigenvalue weighted by Crippen LogP contribution is 2.35. The van der Waals surface area contributed by atoms with Gasteiger partial charge < -0.3 is 10.1 Å². The average Bonchev–Trinajstić information content (AvgIpc) is 2.65. The summed E-state index contributed by atoms with van der Waals surface area (Å²) < 4.78 is 5.77. The Bertz CT molecular complexity index is 285. The van der Waals surface area contributed by atoms with Gasteiger partial charge in [-0.25, -0.2) is 0 Å². The van der Waals surface area contributed by atoms with E-state index in [1.54, 1.807) is 0 Å². The van der Waals surface area contributed by atoms with E-state index in [2.05, 4.69) is 37.9 Å². The third kappa shape index (κ3) is 4.19. The Morgan fingerprint density at radius 3 is 2.65 bits per heavy atom. The zero-order valence-corrected chi connectivity index (χ0v) is 14.0. The predicted molar refractivity (Wildman–Crippen MR) is 85.1 cm³/mol. The summed E-state index contributed by atoms with van der Waals surface area (Å²) in [5.74, 6) is 0.870. The van der Waals surface area contributed by atoms with Gasteiger partial charge in [0.15, 0.2) is 0 Å². The van der Waals surface area contributed by atoms with E-state index in [0.29, 0.717) is 17.5 Å². The van der Waals surface area contributed by atoms with Gasteiger partial charge in [0.05, 0.1) is 6.61 Å². The summed E-state index contributed by atoms with van der Waals surface area (Å²) in [6.45, 7) is 14.8. The molecule has 0 saturated carbocycles. The molecule has 2 rings (SSSR count). The van der Waals surface area contributed by atoms with Crippen LogP contribution in [0.3, 0.4) is 0 Å². The van der Waals surface area contributed by atoms with E-state index in [4.69, 9.17) is 4.74 Å². The van der Waals surface area contributed by atoms with Crippen molar-refractivity contribution in [1.82, 2.24) is 10.2 Å². The summed E-state index contributed by atoms with van der Waals surface area (Å²) in [5.41, 5.74) is 0.458. The number of likely N-dealkylation sites (tertiary alicyclic amines) is 1. The molecule has 0 bridgehead atoms. The molecule has 1 N–H and O–H groups in total. The fourth-order valence-electron chi connectivity index (χ4n) is 3.90. The van der Waals surface area contributed by atoms with Gasteiger partial charge in [0.2, 0.25) is 0 Å². The molecule has 2 heterocycles. The minimum atomic E-state index is 0.458. The SMILES string of the molecule is CCNC1CCOCC1N1CCCC(C(C)(C)C)CC1. The molecule has 0 aromatic heterocycles. The van der Waals surface area contributed by atoms with Gasteiger partial charge in [-0.1, -0.05) is 27.7 Å². The summed E-state index contributed by atoms with van der Waals surface area (Å²) in [4.78, 5) is 2.71. The Balaban J connectivity index is 1.94. The van der Waals surface area contributed by atoms with Crippen LogP contribution < -0.4 is 5.32 Å². The molecule has 2 aliphatic rings. The highest BCUT2D eigenvalue weighted by molar-refractivity contribution is 4.89. The molecular formula is C17H34N2O. The predicted octanol–water partition coefficient (Wildman–Crippen LogP) is 2.90. The first-order valence-electron chi connectivity index (χ1n) is 8.57. The number of nitrogens with one attached hydrogen (secondary N) is 1. The van der Waals surface area contributed by atoms with Crippen molar-refractivity contribution >= 4 is 0 Å². The minimum Gasteiger partial charge on any atom is -0.380 e. The van der Waals surface area contributed by atoms with Crippen LogP contribution in [0, 0.1) is 11.3 Å². The fourth-order valence-corrected chi connectivity index (χ4v) is 3.90. The maximum Gasteiger partial charge on any atom is 0.0637 e. The zero-order valence-electron chi connectivity index (χ0n) is 14.0. The number of nitrogens with zero attached hydrogens (tertiary/aromatic N) is 1. The second kappa shape index (κ2) is 7.24. The standard InChI is InChI=1S/C17H34N2O/c1-5-18-15-9-12-20-13-16(15)19-10-6-7-14(8-11-19)17(2,3)4/h14-16,18H,5-13H2,1-4H3. The molecule has 3 heteroatoms. The number of ether oxygens (including phenoxy) is 1. The summed E-state index contributed by atoms with van der Waals surface area (Å²) in [7, 11) is 0. The van der Waals surface area contributed by atoms with Crippen LogP contribution in [0.4, 0.5) is 0 Å². The third-order valence-corrected chi connectivity index (χ3v) is 5.25. The van der Waals surface area contributed by atoms with E-state index < -0.39 is 0 Å². The first kappa shape index (κ1) is 16.3. The lowest BCUT2D eigenvalue weighted by molar-refractivity contribution is -0.00248. The lowest BCUT2D eigenvalue weighted by Gasteiger charge is -2.40. The molecule has 2 aliphatic heterocycles. The Morgan fingerprint density at radius 2 is 1.95 bits per heavy atom. The molecule has 20 heavy (non-hydrogen) atoms. The molecule has 0 aliphatic carbocycles. The molecule has 0 radical (unpaired) electrons. The molecule has 3 nitrogen and oxygen atoms in total. The van der Waals surface area contributed by atoms with Crippen LogP contribution in [0.25, 0.3) is 0 Å². The van der Waals surface area contributed by atoms with E-state index in [0.717, 1.165) is 32.1 Å². The number of rotatable bonds is 3. The third-order valence-electron chi connectivity index (χ3n) is 5.25. The van der Waals surface area contributed by atoms with Crippen molar-refractivity contribution < 1.29 is 4.74 Å². The number of hydrogen-bond donors (Lipinski definition) is 1. The van der Waals surface area contributed by atoms with Gasteiger partial charge >= 0.3 is 0 Å². The Kier molecular flexibility index (Phi) is 5.88. The zero-order chi connectivity index (χ0) is 14.6. The average molecular weight is 282 g/mol. The molecule has 0 aromatic rings. The van der Waals surface area contributed by atoms with Gasteiger partial charge in [0.1, 0.15) is 0 Å². The van der Waals surface area contributed by atoms with E-state index in [1.807, 2.05) is 0 Å². The van der Waals surface area contributed by atoms with Gasteiger partial charge in [-0.3, -0.25) is 4.90 Å². The van der Waals surface area contributed by atoms with Crippen molar-refractivity contribution in [1.29, 1.82) is 0 Å². The van der Waals surface area contributed by atoms with E-state index >= 15 is 0 Å². The molecule has 118 valence electrons. The van der Waals surface area contributed by atoms with Crippen molar-refractivity contribution in [2.75, 3.05) is 32.8 Å². The Morgan fingerprint density at radius 1 is 1.15 bits per heavy atom. The summed E-state index contributed by atoms with van der Waals surface area (Å²) >= 11 is 0. The Labute approximate surface area is 125 Å². The van der Waals surface area contributed by atoms with Gasteiger partial charge in [-0.2, -0.15) is 0 Å². The fraction of sp³-hybridized carbons (Fsp3) is 1.00. The van der Waals surface area contributed by atoms with Crippen molar-refractivity contribution in [3.05, 3.63) is 0 Å². The van der Waals surface area contributed by atoms with Gasteiger partial charge in [0.25, 0.3) is 0 Å². The normalized spacial score (nSPS) is 33.9. The topological polar surface area (TPSA) is 24.5 Å². The summed E-state index contributed by atoms with van der Waals surface area (Å²) in [6, 6.07) is 1.21. The van der Waals surface area contributed by atoms with Crippen LogP contribution in [0.1, 0.15) is 53.4 Å². The van der Waals surface area contributed by atoms with Crippen LogP contribution in [-0.2, 0) is 4.74 Å². The molecule has 0 aromatic carbocycles. The summed E-state index contributed by atoms with van der Waals surface area (Å²) in [5, 5.41) is 3.67. The maximum atomic E-state index is 5.77. The molecule has 3 atom stereocenters. The first-order chi connectivity index (χ1) is 9.52. The largest absolute Gasteiger partial charge is 0.380 e. The number of likely N-dealkylation sites (N-methyl/N-ethyl adjacent to an activating group) is 1. The van der Waals surface area contributed by atoms with Gasteiger partial charge in [-0.05, 0) is 56.7 Å². The van der Waals surface area contributed by atoms with Gasteiger partial charge in [-0.15, -0.1) is 0 Å². The van der Waals surface area contributed by atoms with Crippen molar-refractivity contribution in [2.45, 2.75) is 65.5 Å². The second-order valence-corrected chi connectivity index (χ2v) is 7.62. The van der Waals surface area contributed by atoms with Crippen LogP contribution in [0.2, 0.25) is 0 Å². The van der Waals surface area contributed by atoms with Crippen molar-refractivity contribution in [2.24, 2.45) is 11.3 Å². The first-order valence-corrected chi connectivity index (χ1v) is 8.57. The highest BCUT2D eigenvalue weighted by atomic mass is 16.5. The maximum absolute atomic E-state index is 5.77. The quantitative estimate of drug-likeness (QED) is 0.861. The van der Waals surface area contributed by atoms with Crippen LogP contribution in [-0.4, -0.2) is 49.8 Å². The van der Waals surface area contributed by atoms with Crippen molar-refractivity contribution in [3.63, 3.8) is 0 Å². The minimum absolute atomic E-state index is 0.458. The molecule has 0 amide bonds. The van der Waals surface area contributed by atoms with Gasteiger partial charge in [0, 0.05) is 18.7 Å². The molecule has 2 saturated heterocycles. The monoisotopic (exact) mass is 282 g/mol. The van der Waals surface area contributed by atoms with Crippen LogP contribution in [0.5, 0.6) is 0 Å². The van der Waals surface area contributed by atoms with E-state index in [9.17, 15) is 0 Å². The lowest BCUT2D eigenvalue weighted by Crippen LogP contribution is -2.55.